The standard InChI is InChI=1S/C19H20F2N6O4S2/c1-11-3-6-13(9-15(11)33(29,30)23-2)24-16(28)10-32-19-26-25-17(27(19)22)12-4-7-14(8-5-12)31-18(20)21/h3-9,18,23H,10,22H2,1-2H3,(H,24,28). The molecule has 0 aliphatic rings. The first-order valence-corrected chi connectivity index (χ1v) is 11.8. The molecule has 14 heteroatoms. The summed E-state index contributed by atoms with van der Waals surface area (Å²) >= 11 is 1.02. The lowest BCUT2D eigenvalue weighted by Crippen LogP contribution is -2.20. The third-order valence-electron chi connectivity index (χ3n) is 4.36. The zero-order chi connectivity index (χ0) is 24.2. The summed E-state index contributed by atoms with van der Waals surface area (Å²) in [7, 11) is -2.37. The van der Waals surface area contributed by atoms with Gasteiger partial charge >= 0.3 is 6.61 Å². The molecule has 0 spiro atoms. The number of carbonyl (C=O) groups is 1. The van der Waals surface area contributed by atoms with Crippen LogP contribution >= 0.6 is 11.8 Å². The summed E-state index contributed by atoms with van der Waals surface area (Å²) in [5, 5.41) is 10.8. The Hall–Kier alpha value is -3.23. The molecule has 3 aromatic rings. The minimum absolute atomic E-state index is 0.00936. The summed E-state index contributed by atoms with van der Waals surface area (Å²) in [4.78, 5) is 12.4. The lowest BCUT2D eigenvalue weighted by atomic mass is 10.2. The second-order valence-electron chi connectivity index (χ2n) is 6.60. The monoisotopic (exact) mass is 498 g/mol. The van der Waals surface area contributed by atoms with E-state index in [1.165, 1.54) is 42.1 Å². The summed E-state index contributed by atoms with van der Waals surface area (Å²) in [6, 6.07) is 10.3. The number of benzene rings is 2. The first-order valence-electron chi connectivity index (χ1n) is 9.33. The number of halogens is 2. The molecule has 0 fully saturated rings. The first-order chi connectivity index (χ1) is 15.6. The van der Waals surface area contributed by atoms with Gasteiger partial charge in [-0.05, 0) is 55.9 Å². The Morgan fingerprint density at radius 3 is 2.55 bits per heavy atom. The lowest BCUT2D eigenvalue weighted by Gasteiger charge is -2.10. The second-order valence-corrected chi connectivity index (χ2v) is 9.40. The van der Waals surface area contributed by atoms with Crippen LogP contribution in [0.2, 0.25) is 0 Å². The van der Waals surface area contributed by atoms with Crippen molar-refractivity contribution in [2.75, 3.05) is 24.0 Å². The smallest absolute Gasteiger partial charge is 0.387 e. The van der Waals surface area contributed by atoms with Crippen LogP contribution in [0.25, 0.3) is 11.4 Å². The topological polar surface area (TPSA) is 141 Å². The van der Waals surface area contributed by atoms with Crippen LogP contribution in [0.3, 0.4) is 0 Å². The van der Waals surface area contributed by atoms with Crippen LogP contribution in [0, 0.1) is 6.92 Å². The number of nitrogens with zero attached hydrogens (tertiary/aromatic N) is 3. The molecule has 2 aromatic carbocycles. The fourth-order valence-electron chi connectivity index (χ4n) is 2.76. The molecule has 176 valence electrons. The lowest BCUT2D eigenvalue weighted by molar-refractivity contribution is -0.113. The number of thioether (sulfide) groups is 1. The zero-order valence-corrected chi connectivity index (χ0v) is 19.1. The van der Waals surface area contributed by atoms with E-state index in [4.69, 9.17) is 5.84 Å². The Bertz CT molecular complexity index is 1250. The number of aryl methyl sites for hydroxylation is 1. The molecule has 0 aliphatic carbocycles. The molecule has 3 rings (SSSR count). The predicted molar refractivity (Wildman–Crippen MR) is 119 cm³/mol. The van der Waals surface area contributed by atoms with Crippen LogP contribution in [0.5, 0.6) is 5.75 Å². The third-order valence-corrected chi connectivity index (χ3v) is 6.86. The molecule has 10 nitrogen and oxygen atoms in total. The Morgan fingerprint density at radius 1 is 1.21 bits per heavy atom. The number of sulfonamides is 1. The molecule has 0 unspecified atom stereocenters. The van der Waals surface area contributed by atoms with Crippen molar-refractivity contribution in [1.82, 2.24) is 19.6 Å². The van der Waals surface area contributed by atoms with Gasteiger partial charge in [0.05, 0.1) is 10.6 Å². The van der Waals surface area contributed by atoms with Gasteiger partial charge in [0.15, 0.2) is 5.82 Å². The number of rotatable bonds is 9. The first kappa shape index (κ1) is 24.4. The molecular weight excluding hydrogens is 478 g/mol. The van der Waals surface area contributed by atoms with Gasteiger partial charge in [-0.25, -0.2) is 17.8 Å². The molecule has 0 radical (unpaired) electrons. The Balaban J connectivity index is 1.65. The maximum Gasteiger partial charge on any atom is 0.387 e. The molecule has 33 heavy (non-hydrogen) atoms. The predicted octanol–water partition coefficient (Wildman–Crippen LogP) is 2.21. The molecule has 0 aliphatic heterocycles. The Kier molecular flexibility index (Phi) is 7.50. The normalized spacial score (nSPS) is 11.5. The van der Waals surface area contributed by atoms with Crippen LogP contribution in [-0.2, 0) is 14.8 Å². The molecule has 1 aromatic heterocycles. The molecule has 0 bridgehead atoms. The highest BCUT2D eigenvalue weighted by Crippen LogP contribution is 2.25. The highest BCUT2D eigenvalue weighted by molar-refractivity contribution is 7.99. The quantitative estimate of drug-likeness (QED) is 0.301. The van der Waals surface area contributed by atoms with Gasteiger partial charge < -0.3 is 15.9 Å². The minimum atomic E-state index is -3.67. The van der Waals surface area contributed by atoms with Crippen molar-refractivity contribution in [3.8, 4) is 17.1 Å². The molecule has 1 amide bonds. The molecule has 0 saturated heterocycles. The van der Waals surface area contributed by atoms with E-state index in [0.717, 1.165) is 11.8 Å². The number of nitrogen functional groups attached to an aromatic ring is 1. The van der Waals surface area contributed by atoms with Gasteiger partial charge in [-0.1, -0.05) is 17.8 Å². The third kappa shape index (κ3) is 5.97. The van der Waals surface area contributed by atoms with Gasteiger partial charge in [-0.2, -0.15) is 8.78 Å². The largest absolute Gasteiger partial charge is 0.435 e. The number of ether oxygens (including phenoxy) is 1. The van der Waals surface area contributed by atoms with Gasteiger partial charge in [0.2, 0.25) is 21.1 Å². The Morgan fingerprint density at radius 2 is 1.91 bits per heavy atom. The van der Waals surface area contributed by atoms with Gasteiger partial charge in [0.25, 0.3) is 0 Å². The van der Waals surface area contributed by atoms with Crippen molar-refractivity contribution in [3.63, 3.8) is 0 Å². The van der Waals surface area contributed by atoms with Crippen LogP contribution in [-0.4, -0.2) is 48.6 Å². The van der Waals surface area contributed by atoms with Gasteiger partial charge in [-0.15, -0.1) is 10.2 Å². The number of aromatic nitrogens is 3. The van der Waals surface area contributed by atoms with Crippen molar-refractivity contribution in [2.45, 2.75) is 23.6 Å². The molecule has 0 atom stereocenters. The number of amides is 1. The number of nitrogens with two attached hydrogens (primary N) is 1. The summed E-state index contributed by atoms with van der Waals surface area (Å²) in [6.07, 6.45) is 0. The zero-order valence-electron chi connectivity index (χ0n) is 17.5. The minimum Gasteiger partial charge on any atom is -0.435 e. The van der Waals surface area contributed by atoms with Crippen molar-refractivity contribution in [2.24, 2.45) is 0 Å². The summed E-state index contributed by atoms with van der Waals surface area (Å²) in [5.74, 6) is 5.78. The van der Waals surface area contributed by atoms with Crippen molar-refractivity contribution in [1.29, 1.82) is 0 Å². The summed E-state index contributed by atoms with van der Waals surface area (Å²) < 4.78 is 56.4. The highest BCUT2D eigenvalue weighted by Gasteiger charge is 2.17. The summed E-state index contributed by atoms with van der Waals surface area (Å²) in [6.45, 7) is -1.28. The molecule has 1 heterocycles. The number of alkyl halides is 2. The van der Waals surface area contributed by atoms with E-state index in [9.17, 15) is 22.0 Å². The fraction of sp³-hybridized carbons (Fsp3) is 0.211. The van der Waals surface area contributed by atoms with E-state index in [2.05, 4.69) is 25.0 Å². The number of carbonyl (C=O) groups excluding carboxylic acids is 1. The fourth-order valence-corrected chi connectivity index (χ4v) is 4.41. The van der Waals surface area contributed by atoms with Crippen molar-refractivity contribution in [3.05, 3.63) is 48.0 Å². The van der Waals surface area contributed by atoms with E-state index < -0.39 is 22.5 Å². The molecule has 0 saturated carbocycles. The SMILES string of the molecule is CNS(=O)(=O)c1cc(NC(=O)CSc2nnc(-c3ccc(OC(F)F)cc3)n2N)ccc1C. The van der Waals surface area contributed by atoms with Crippen LogP contribution in [0.4, 0.5) is 14.5 Å². The Labute approximate surface area is 192 Å². The van der Waals surface area contributed by atoms with E-state index in [0.29, 0.717) is 16.8 Å². The van der Waals surface area contributed by atoms with Gasteiger partial charge in [0.1, 0.15) is 5.75 Å². The van der Waals surface area contributed by atoms with E-state index in [1.807, 2.05) is 0 Å². The van der Waals surface area contributed by atoms with E-state index in [1.54, 1.807) is 19.1 Å². The van der Waals surface area contributed by atoms with Crippen LogP contribution < -0.4 is 20.6 Å². The maximum absolute atomic E-state index is 12.3. The van der Waals surface area contributed by atoms with Crippen LogP contribution in [0.1, 0.15) is 5.56 Å². The van der Waals surface area contributed by atoms with Crippen LogP contribution in [0.15, 0.2) is 52.5 Å². The van der Waals surface area contributed by atoms with Crippen molar-refractivity contribution < 1.29 is 26.7 Å². The van der Waals surface area contributed by atoms with E-state index in [-0.39, 0.29) is 27.4 Å². The van der Waals surface area contributed by atoms with E-state index >= 15 is 0 Å². The number of hydrogen-bond donors (Lipinski definition) is 3. The number of nitrogens with one attached hydrogen (secondary N) is 2. The highest BCUT2D eigenvalue weighted by atomic mass is 32.2. The number of hydrogen-bond acceptors (Lipinski definition) is 8. The average molecular weight is 499 g/mol. The summed E-state index contributed by atoms with van der Waals surface area (Å²) in [5.41, 5.74) is 1.37. The average Bonchev–Trinajstić information content (AvgIpc) is 3.14. The molecular formula is C19H20F2N6O4S2. The van der Waals surface area contributed by atoms with Gasteiger partial charge in [-0.3, -0.25) is 4.79 Å². The second kappa shape index (κ2) is 10.1. The number of anilines is 1. The van der Waals surface area contributed by atoms with Gasteiger partial charge in [0, 0.05) is 11.3 Å². The maximum atomic E-state index is 12.3. The van der Waals surface area contributed by atoms with Crippen molar-refractivity contribution >= 4 is 33.4 Å². The molecule has 4 N–H and O–H groups in total.